The third-order valence-corrected chi connectivity index (χ3v) is 1.10. The first-order valence-electron chi connectivity index (χ1n) is 2.02. The van der Waals surface area contributed by atoms with Crippen LogP contribution in [0, 0.1) is 5.75 Å². The summed E-state index contributed by atoms with van der Waals surface area (Å²) >= 11 is 0.573. The van der Waals surface area contributed by atoms with Crippen molar-refractivity contribution in [2.75, 3.05) is 0 Å². The number of thioether (sulfide) groups is 1. The molecule has 0 nitrogen and oxygen atoms in total. The number of hydrogen-bond acceptors (Lipinski definition) is 1. The average molecular weight is 125 g/mol. The molecule has 43 valence electrons. The lowest BCUT2D eigenvalue weighted by Gasteiger charge is -1.91. The number of halogens is 2. The Morgan fingerprint density at radius 3 is 2.43 bits per heavy atom. The van der Waals surface area contributed by atoms with Crippen molar-refractivity contribution in [1.29, 1.82) is 0 Å². The highest BCUT2D eigenvalue weighted by Crippen LogP contribution is 2.17. The second-order valence-electron chi connectivity index (χ2n) is 0.972. The van der Waals surface area contributed by atoms with Gasteiger partial charge in [-0.3, -0.25) is 0 Å². The van der Waals surface area contributed by atoms with E-state index in [2.05, 4.69) is 0 Å². The highest BCUT2D eigenvalue weighted by molar-refractivity contribution is 8.01. The maximum atomic E-state index is 11.2. The Hall–Kier alpha value is 0.210. The second kappa shape index (κ2) is 4.37. The van der Waals surface area contributed by atoms with Gasteiger partial charge in [0, 0.05) is 5.75 Å². The van der Waals surface area contributed by atoms with Crippen LogP contribution in [-0.2, 0) is 0 Å². The molecule has 0 unspecified atom stereocenters. The van der Waals surface area contributed by atoms with Crippen LogP contribution >= 0.6 is 11.8 Å². The van der Waals surface area contributed by atoms with E-state index in [1.807, 2.05) is 6.92 Å². The summed E-state index contributed by atoms with van der Waals surface area (Å²) in [4.78, 5) is 0. The van der Waals surface area contributed by atoms with E-state index in [0.717, 1.165) is 0 Å². The average Bonchev–Trinajstić information content (AvgIpc) is 1.61. The predicted octanol–water partition coefficient (Wildman–Crippen LogP) is 2.51. The van der Waals surface area contributed by atoms with Gasteiger partial charge in [-0.05, 0) is 6.42 Å². The molecule has 0 rings (SSSR count). The van der Waals surface area contributed by atoms with Gasteiger partial charge in [-0.2, -0.15) is 8.78 Å². The molecule has 0 bridgehead atoms. The second-order valence-corrected chi connectivity index (χ2v) is 1.93. The van der Waals surface area contributed by atoms with Crippen molar-refractivity contribution in [3.05, 3.63) is 5.75 Å². The largest absolute Gasteiger partial charge is 0.284 e. The fourth-order valence-electron chi connectivity index (χ4n) is 0.169. The van der Waals surface area contributed by atoms with Gasteiger partial charge in [-0.1, -0.05) is 18.7 Å². The van der Waals surface area contributed by atoms with E-state index in [1.54, 1.807) is 0 Å². The van der Waals surface area contributed by atoms with Crippen LogP contribution in [0.3, 0.4) is 0 Å². The fourth-order valence-corrected chi connectivity index (χ4v) is 0.507. The predicted molar refractivity (Wildman–Crippen MR) is 28.2 cm³/mol. The molecule has 0 atom stereocenters. The number of hydrogen-bond donors (Lipinski definition) is 0. The lowest BCUT2D eigenvalue weighted by atomic mass is 10.6. The van der Waals surface area contributed by atoms with Gasteiger partial charge in [-0.25, -0.2) is 0 Å². The minimum atomic E-state index is -2.24. The first kappa shape index (κ1) is 7.21. The van der Waals surface area contributed by atoms with Gasteiger partial charge in [0.25, 0.3) is 5.76 Å². The molecule has 0 N–H and O–H groups in total. The highest BCUT2D eigenvalue weighted by Gasteiger charge is 1.98. The van der Waals surface area contributed by atoms with Crippen molar-refractivity contribution in [2.45, 2.75) is 19.1 Å². The first-order valence-corrected chi connectivity index (χ1v) is 2.97. The molecular weight excluding hydrogens is 118 g/mol. The van der Waals surface area contributed by atoms with E-state index < -0.39 is 5.76 Å². The van der Waals surface area contributed by atoms with Crippen molar-refractivity contribution in [3.63, 3.8) is 0 Å². The van der Waals surface area contributed by atoms with Crippen LogP contribution in [0.25, 0.3) is 0 Å². The third kappa shape index (κ3) is 6.21. The van der Waals surface area contributed by atoms with Gasteiger partial charge in [0.15, 0.2) is 0 Å². The molecule has 0 aromatic carbocycles. The SMILES string of the molecule is CC[CH]SC(F)F. The standard InChI is InChI=1S/C4H7F2S/c1-2-3-7-4(5)6/h3-4H,2H2,1H3. The van der Waals surface area contributed by atoms with Gasteiger partial charge < -0.3 is 0 Å². The molecule has 0 aromatic heterocycles. The van der Waals surface area contributed by atoms with E-state index >= 15 is 0 Å². The van der Waals surface area contributed by atoms with Gasteiger partial charge in [0.1, 0.15) is 0 Å². The summed E-state index contributed by atoms with van der Waals surface area (Å²) in [5.74, 6) is -0.745. The Bertz CT molecular complexity index is 38.7. The van der Waals surface area contributed by atoms with E-state index in [1.165, 1.54) is 5.75 Å². The molecular formula is C4H7F2S. The molecule has 0 fully saturated rings. The minimum Gasteiger partial charge on any atom is -0.198 e. The molecule has 0 saturated heterocycles. The lowest BCUT2D eigenvalue weighted by Crippen LogP contribution is -1.77. The molecule has 0 aliphatic carbocycles. The van der Waals surface area contributed by atoms with Crippen LogP contribution in [0.5, 0.6) is 0 Å². The summed E-state index contributed by atoms with van der Waals surface area (Å²) in [6, 6.07) is 0. The van der Waals surface area contributed by atoms with Crippen LogP contribution in [-0.4, -0.2) is 5.76 Å². The van der Waals surface area contributed by atoms with Gasteiger partial charge >= 0.3 is 0 Å². The van der Waals surface area contributed by atoms with Crippen molar-refractivity contribution in [1.82, 2.24) is 0 Å². The van der Waals surface area contributed by atoms with Crippen molar-refractivity contribution in [3.8, 4) is 0 Å². The van der Waals surface area contributed by atoms with Crippen LogP contribution in [0.1, 0.15) is 13.3 Å². The maximum Gasteiger partial charge on any atom is 0.284 e. The van der Waals surface area contributed by atoms with E-state index in [-0.39, 0.29) is 0 Å². The van der Waals surface area contributed by atoms with Crippen LogP contribution in [0.15, 0.2) is 0 Å². The molecule has 0 aromatic rings. The molecule has 0 aliphatic rings. The molecule has 0 aliphatic heterocycles. The Balaban J connectivity index is 2.68. The highest BCUT2D eigenvalue weighted by atomic mass is 32.2. The monoisotopic (exact) mass is 125 g/mol. The van der Waals surface area contributed by atoms with E-state index in [4.69, 9.17) is 0 Å². The summed E-state index contributed by atoms with van der Waals surface area (Å²) in [6.45, 7) is 1.83. The maximum absolute atomic E-state index is 11.2. The molecule has 1 radical (unpaired) electrons. The molecule has 0 heterocycles. The summed E-state index contributed by atoms with van der Waals surface area (Å²) < 4.78 is 22.3. The third-order valence-electron chi connectivity index (χ3n) is 0.366. The van der Waals surface area contributed by atoms with Crippen LogP contribution in [0.2, 0.25) is 0 Å². The van der Waals surface area contributed by atoms with Crippen LogP contribution < -0.4 is 0 Å². The molecule has 3 heteroatoms. The van der Waals surface area contributed by atoms with Crippen molar-refractivity contribution < 1.29 is 8.78 Å². The quantitative estimate of drug-likeness (QED) is 0.558. The zero-order valence-electron chi connectivity index (χ0n) is 4.03. The molecule has 0 spiro atoms. The fraction of sp³-hybridized carbons (Fsp3) is 0.750. The summed E-state index contributed by atoms with van der Waals surface area (Å²) in [5.41, 5.74) is 0. The smallest absolute Gasteiger partial charge is 0.198 e. The number of rotatable bonds is 3. The molecule has 0 amide bonds. The van der Waals surface area contributed by atoms with Crippen molar-refractivity contribution in [2.24, 2.45) is 0 Å². The van der Waals surface area contributed by atoms with Crippen molar-refractivity contribution >= 4 is 11.8 Å². The topological polar surface area (TPSA) is 0 Å². The van der Waals surface area contributed by atoms with Gasteiger partial charge in [0.2, 0.25) is 0 Å². The molecule has 7 heavy (non-hydrogen) atoms. The zero-order valence-corrected chi connectivity index (χ0v) is 4.84. The summed E-state index contributed by atoms with van der Waals surface area (Å²) in [6.07, 6.45) is 0.703. The van der Waals surface area contributed by atoms with Crippen LogP contribution in [0.4, 0.5) is 8.78 Å². The first-order chi connectivity index (χ1) is 3.27. The van der Waals surface area contributed by atoms with Gasteiger partial charge in [0.05, 0.1) is 0 Å². The Morgan fingerprint density at radius 1 is 1.71 bits per heavy atom. The van der Waals surface area contributed by atoms with E-state index in [9.17, 15) is 8.78 Å². The Kier molecular flexibility index (Phi) is 4.50. The summed E-state index contributed by atoms with van der Waals surface area (Å²) in [5, 5.41) is 0. The van der Waals surface area contributed by atoms with E-state index in [0.29, 0.717) is 18.2 Å². The normalized spacial score (nSPS) is 10.3. The Morgan fingerprint density at radius 2 is 2.29 bits per heavy atom. The van der Waals surface area contributed by atoms with Gasteiger partial charge in [-0.15, -0.1) is 0 Å². The molecule has 0 saturated carbocycles. The Labute approximate surface area is 46.3 Å². The zero-order chi connectivity index (χ0) is 5.70. The number of alkyl halides is 2. The summed E-state index contributed by atoms with van der Waals surface area (Å²) in [7, 11) is 0. The minimum absolute atomic E-state index is 0.573. The lowest BCUT2D eigenvalue weighted by molar-refractivity contribution is 0.252.